The number of carbonyl (C=O) groups is 2. The maximum atomic E-state index is 12.8. The highest BCUT2D eigenvalue weighted by Gasteiger charge is 2.36. The van der Waals surface area contributed by atoms with Crippen LogP contribution in [0, 0.1) is 6.92 Å². The van der Waals surface area contributed by atoms with Crippen LogP contribution in [0.25, 0.3) is 0 Å². The second-order valence-electron chi connectivity index (χ2n) is 6.38. The monoisotopic (exact) mass is 384 g/mol. The van der Waals surface area contributed by atoms with Crippen molar-refractivity contribution in [3.8, 4) is 0 Å². The molecule has 3 heterocycles. The van der Waals surface area contributed by atoms with Gasteiger partial charge < -0.3 is 14.2 Å². The minimum atomic E-state index is -4.56. The molecule has 1 atom stereocenters. The number of halogens is 3. The van der Waals surface area contributed by atoms with Crippen molar-refractivity contribution < 1.29 is 27.2 Å². The van der Waals surface area contributed by atoms with E-state index in [0.29, 0.717) is 26.2 Å². The molecule has 0 aromatic carbocycles. The molecular weight excluding hydrogens is 365 g/mol. The maximum Gasteiger partial charge on any atom is 0.435 e. The number of nitrogens with zero attached hydrogens (tertiary/aromatic N) is 4. The highest BCUT2D eigenvalue weighted by molar-refractivity contribution is 5.91. The third-order valence-corrected chi connectivity index (χ3v) is 4.55. The van der Waals surface area contributed by atoms with Crippen molar-refractivity contribution in [3.05, 3.63) is 41.6 Å². The number of piperazine rings is 1. The van der Waals surface area contributed by atoms with Crippen molar-refractivity contribution in [2.75, 3.05) is 26.2 Å². The van der Waals surface area contributed by atoms with Crippen molar-refractivity contribution in [2.24, 2.45) is 0 Å². The van der Waals surface area contributed by atoms with Crippen molar-refractivity contribution in [1.29, 1.82) is 0 Å². The second-order valence-corrected chi connectivity index (χ2v) is 6.38. The molecule has 10 heteroatoms. The molecule has 0 saturated carbocycles. The number of furan rings is 1. The molecule has 146 valence electrons. The van der Waals surface area contributed by atoms with E-state index in [1.54, 1.807) is 17.0 Å². The van der Waals surface area contributed by atoms with Crippen molar-refractivity contribution in [2.45, 2.75) is 26.1 Å². The first-order valence-electron chi connectivity index (χ1n) is 8.43. The Labute approximate surface area is 153 Å². The maximum absolute atomic E-state index is 12.8. The molecule has 1 saturated heterocycles. The van der Waals surface area contributed by atoms with Gasteiger partial charge in [0.25, 0.3) is 5.91 Å². The first-order chi connectivity index (χ1) is 12.7. The van der Waals surface area contributed by atoms with E-state index < -0.39 is 17.9 Å². The summed E-state index contributed by atoms with van der Waals surface area (Å²) >= 11 is 0. The number of hydrogen-bond acceptors (Lipinski definition) is 4. The number of aryl methyl sites for hydroxylation is 1. The summed E-state index contributed by atoms with van der Waals surface area (Å²) in [6, 6.07) is 3.24. The number of amides is 2. The van der Waals surface area contributed by atoms with Crippen LogP contribution in [0.15, 0.2) is 28.9 Å². The third-order valence-electron chi connectivity index (χ3n) is 4.55. The Bertz CT molecular complexity index is 821. The van der Waals surface area contributed by atoms with Crippen molar-refractivity contribution >= 4 is 11.8 Å². The van der Waals surface area contributed by atoms with Gasteiger partial charge in [0.05, 0.1) is 6.26 Å². The molecule has 27 heavy (non-hydrogen) atoms. The minimum Gasteiger partial charge on any atom is -0.459 e. The molecule has 2 aromatic heterocycles. The molecule has 2 aromatic rings. The molecule has 0 aliphatic carbocycles. The van der Waals surface area contributed by atoms with Crippen LogP contribution in [0.2, 0.25) is 0 Å². The van der Waals surface area contributed by atoms with Gasteiger partial charge in [-0.3, -0.25) is 14.3 Å². The minimum absolute atomic E-state index is 0.231. The van der Waals surface area contributed by atoms with Gasteiger partial charge in [0, 0.05) is 31.9 Å². The van der Waals surface area contributed by atoms with E-state index in [1.807, 2.05) is 0 Å². The van der Waals surface area contributed by atoms with Gasteiger partial charge in [-0.15, -0.1) is 0 Å². The van der Waals surface area contributed by atoms with Gasteiger partial charge in [-0.25, -0.2) is 0 Å². The van der Waals surface area contributed by atoms with E-state index in [2.05, 4.69) is 5.10 Å². The van der Waals surface area contributed by atoms with E-state index in [1.165, 1.54) is 25.0 Å². The summed E-state index contributed by atoms with van der Waals surface area (Å²) in [5, 5.41) is 3.54. The van der Waals surface area contributed by atoms with Gasteiger partial charge in [-0.05, 0) is 32.0 Å². The molecule has 2 amide bonds. The van der Waals surface area contributed by atoms with Crippen LogP contribution < -0.4 is 0 Å². The molecule has 7 nitrogen and oxygen atoms in total. The number of rotatable bonds is 3. The number of carbonyl (C=O) groups excluding carboxylic acids is 2. The first-order valence-corrected chi connectivity index (χ1v) is 8.43. The van der Waals surface area contributed by atoms with Gasteiger partial charge in [0.2, 0.25) is 5.91 Å². The van der Waals surface area contributed by atoms with E-state index in [0.717, 1.165) is 10.7 Å². The summed E-state index contributed by atoms with van der Waals surface area (Å²) in [5.41, 5.74) is -0.761. The normalized spacial score (nSPS) is 16.5. The average Bonchev–Trinajstić information content (AvgIpc) is 3.29. The van der Waals surface area contributed by atoms with Crippen LogP contribution in [-0.2, 0) is 11.0 Å². The molecule has 1 aliphatic heterocycles. The summed E-state index contributed by atoms with van der Waals surface area (Å²) in [7, 11) is 0. The lowest BCUT2D eigenvalue weighted by molar-refractivity contribution is -0.142. The molecule has 1 fully saturated rings. The highest BCUT2D eigenvalue weighted by Crippen LogP contribution is 2.29. The van der Waals surface area contributed by atoms with Gasteiger partial charge in [-0.1, -0.05) is 0 Å². The zero-order chi connectivity index (χ0) is 19.8. The van der Waals surface area contributed by atoms with Crippen LogP contribution in [0.1, 0.15) is 34.9 Å². The van der Waals surface area contributed by atoms with Crippen molar-refractivity contribution in [3.63, 3.8) is 0 Å². The van der Waals surface area contributed by atoms with E-state index in [4.69, 9.17) is 4.42 Å². The quantitative estimate of drug-likeness (QED) is 0.815. The number of aromatic nitrogens is 2. The van der Waals surface area contributed by atoms with E-state index in [9.17, 15) is 22.8 Å². The Kier molecular flexibility index (Phi) is 4.99. The Balaban J connectivity index is 1.64. The molecule has 1 aliphatic rings. The Morgan fingerprint density at radius 1 is 1.19 bits per heavy atom. The fourth-order valence-electron chi connectivity index (χ4n) is 3.07. The molecular formula is C17H19F3N4O3. The number of alkyl halides is 3. The largest absolute Gasteiger partial charge is 0.459 e. The summed E-state index contributed by atoms with van der Waals surface area (Å²) in [4.78, 5) is 28.0. The predicted molar refractivity (Wildman–Crippen MR) is 87.9 cm³/mol. The van der Waals surface area contributed by atoms with Crippen LogP contribution in [0.5, 0.6) is 0 Å². The molecule has 0 N–H and O–H groups in total. The van der Waals surface area contributed by atoms with Gasteiger partial charge >= 0.3 is 6.18 Å². The topological polar surface area (TPSA) is 71.6 Å². The van der Waals surface area contributed by atoms with Crippen LogP contribution in [0.4, 0.5) is 13.2 Å². The lowest BCUT2D eigenvalue weighted by atomic mass is 10.2. The lowest BCUT2D eigenvalue weighted by Gasteiger charge is -2.35. The number of hydrogen-bond donors (Lipinski definition) is 0. The van der Waals surface area contributed by atoms with Gasteiger partial charge in [0.1, 0.15) is 6.04 Å². The predicted octanol–water partition coefficient (Wildman–Crippen LogP) is 2.35. The standard InChI is InChI=1S/C17H19F3N4O3/c1-11-10-14(17(18,19)20)21-24(11)12(2)15(25)22-5-7-23(8-6-22)16(26)13-4-3-9-27-13/h3-4,9-10,12H,5-8H2,1-2H3. The molecule has 0 bridgehead atoms. The second kappa shape index (κ2) is 7.09. The summed E-state index contributed by atoms with van der Waals surface area (Å²) in [6.07, 6.45) is -3.15. The third kappa shape index (κ3) is 3.83. The summed E-state index contributed by atoms with van der Waals surface area (Å²) < 4.78 is 44.6. The Morgan fingerprint density at radius 3 is 2.33 bits per heavy atom. The molecule has 3 rings (SSSR count). The van der Waals surface area contributed by atoms with Gasteiger partial charge in [0.15, 0.2) is 11.5 Å². The van der Waals surface area contributed by atoms with Crippen LogP contribution in [0.3, 0.4) is 0 Å². The van der Waals surface area contributed by atoms with E-state index in [-0.39, 0.29) is 23.3 Å². The Morgan fingerprint density at radius 2 is 1.81 bits per heavy atom. The van der Waals surface area contributed by atoms with E-state index >= 15 is 0 Å². The highest BCUT2D eigenvalue weighted by atomic mass is 19.4. The molecule has 0 spiro atoms. The van der Waals surface area contributed by atoms with Crippen LogP contribution >= 0.6 is 0 Å². The SMILES string of the molecule is Cc1cc(C(F)(F)F)nn1C(C)C(=O)N1CCN(C(=O)c2ccco2)CC1. The fourth-order valence-corrected chi connectivity index (χ4v) is 3.07. The van der Waals surface area contributed by atoms with Gasteiger partial charge in [-0.2, -0.15) is 18.3 Å². The Hall–Kier alpha value is -2.78. The van der Waals surface area contributed by atoms with Crippen molar-refractivity contribution in [1.82, 2.24) is 19.6 Å². The molecule has 1 unspecified atom stereocenters. The first kappa shape index (κ1) is 19.0. The smallest absolute Gasteiger partial charge is 0.435 e. The van der Waals surface area contributed by atoms with Crippen LogP contribution in [-0.4, -0.2) is 57.6 Å². The average molecular weight is 384 g/mol. The zero-order valence-electron chi connectivity index (χ0n) is 14.9. The summed E-state index contributed by atoms with van der Waals surface area (Å²) in [5.74, 6) is -0.354. The molecule has 0 radical (unpaired) electrons. The summed E-state index contributed by atoms with van der Waals surface area (Å²) in [6.45, 7) is 4.23. The zero-order valence-corrected chi connectivity index (χ0v) is 14.9. The fraction of sp³-hybridized carbons (Fsp3) is 0.471. The lowest BCUT2D eigenvalue weighted by Crippen LogP contribution is -2.52.